The van der Waals surface area contributed by atoms with E-state index in [2.05, 4.69) is 11.6 Å². The highest BCUT2D eigenvalue weighted by molar-refractivity contribution is 7.99. The molecule has 1 aliphatic rings. The first-order valence-electron chi connectivity index (χ1n) is 2.76. The lowest BCUT2D eigenvalue weighted by molar-refractivity contribution is 0.747. The summed E-state index contributed by atoms with van der Waals surface area (Å²) in [4.78, 5) is 0. The van der Waals surface area contributed by atoms with E-state index in [1.807, 2.05) is 11.8 Å². The van der Waals surface area contributed by atoms with Gasteiger partial charge in [-0.3, -0.25) is 0 Å². The van der Waals surface area contributed by atoms with E-state index in [9.17, 15) is 0 Å². The van der Waals surface area contributed by atoms with Gasteiger partial charge in [0.25, 0.3) is 0 Å². The standard InChI is InChI=1S/C5H11N2S/c1-8-5-3-7-2-4(5)6/h4-5H,2-3,6H2,1H3. The molecule has 0 aromatic heterocycles. The maximum Gasteiger partial charge on any atom is 0.0350 e. The fourth-order valence-corrected chi connectivity index (χ4v) is 1.54. The third-order valence-corrected chi connectivity index (χ3v) is 2.53. The van der Waals surface area contributed by atoms with Gasteiger partial charge in [-0.05, 0) is 6.26 Å². The van der Waals surface area contributed by atoms with E-state index >= 15 is 0 Å². The molecule has 1 radical (unpaired) electrons. The summed E-state index contributed by atoms with van der Waals surface area (Å²) in [6.07, 6.45) is 2.09. The average Bonchev–Trinajstić information content (AvgIpc) is 2.14. The van der Waals surface area contributed by atoms with Crippen LogP contribution in [0.4, 0.5) is 0 Å². The van der Waals surface area contributed by atoms with Gasteiger partial charge in [-0.25, -0.2) is 5.32 Å². The van der Waals surface area contributed by atoms with E-state index in [0.717, 1.165) is 13.1 Å². The highest BCUT2D eigenvalue weighted by atomic mass is 32.2. The van der Waals surface area contributed by atoms with Crippen LogP contribution < -0.4 is 11.1 Å². The Morgan fingerprint density at radius 3 is 2.62 bits per heavy atom. The summed E-state index contributed by atoms with van der Waals surface area (Å²) in [7, 11) is 0. The van der Waals surface area contributed by atoms with Crippen molar-refractivity contribution < 1.29 is 0 Å². The SMILES string of the molecule is CSC1C[N]CC1N. The summed E-state index contributed by atoms with van der Waals surface area (Å²) in [6, 6.07) is 0.324. The maximum absolute atomic E-state index is 5.67. The van der Waals surface area contributed by atoms with Crippen LogP contribution in [0.5, 0.6) is 0 Å². The minimum Gasteiger partial charge on any atom is -0.326 e. The van der Waals surface area contributed by atoms with E-state index < -0.39 is 0 Å². The molecule has 0 saturated carbocycles. The van der Waals surface area contributed by atoms with Gasteiger partial charge < -0.3 is 5.73 Å². The zero-order chi connectivity index (χ0) is 5.98. The number of nitrogens with two attached hydrogens (primary N) is 1. The second-order valence-electron chi connectivity index (χ2n) is 2.03. The van der Waals surface area contributed by atoms with Crippen molar-refractivity contribution in [3.8, 4) is 0 Å². The molecule has 2 atom stereocenters. The van der Waals surface area contributed by atoms with Crippen LogP contribution >= 0.6 is 11.8 Å². The highest BCUT2D eigenvalue weighted by Gasteiger charge is 2.22. The van der Waals surface area contributed by atoms with E-state index in [-0.39, 0.29) is 0 Å². The summed E-state index contributed by atoms with van der Waals surface area (Å²) >= 11 is 1.82. The van der Waals surface area contributed by atoms with Crippen LogP contribution in [0.1, 0.15) is 0 Å². The second-order valence-corrected chi connectivity index (χ2v) is 3.10. The third-order valence-electron chi connectivity index (χ3n) is 1.43. The van der Waals surface area contributed by atoms with Crippen molar-refractivity contribution in [2.45, 2.75) is 11.3 Å². The zero-order valence-electron chi connectivity index (χ0n) is 5.00. The molecule has 1 fully saturated rings. The van der Waals surface area contributed by atoms with E-state index in [1.54, 1.807) is 0 Å². The van der Waals surface area contributed by atoms with Crippen molar-refractivity contribution >= 4 is 11.8 Å². The first-order valence-corrected chi connectivity index (χ1v) is 4.05. The maximum atomic E-state index is 5.67. The molecular weight excluding hydrogens is 120 g/mol. The molecule has 1 aliphatic heterocycles. The van der Waals surface area contributed by atoms with Crippen molar-refractivity contribution in [3.05, 3.63) is 0 Å². The van der Waals surface area contributed by atoms with Crippen LogP contribution in [0.3, 0.4) is 0 Å². The van der Waals surface area contributed by atoms with Crippen molar-refractivity contribution in [2.75, 3.05) is 19.3 Å². The van der Waals surface area contributed by atoms with Gasteiger partial charge in [-0.2, -0.15) is 11.8 Å². The number of hydrogen-bond donors (Lipinski definition) is 1. The molecule has 47 valence electrons. The Kier molecular flexibility index (Phi) is 2.16. The Morgan fingerprint density at radius 1 is 1.62 bits per heavy atom. The predicted molar refractivity (Wildman–Crippen MR) is 37.1 cm³/mol. The van der Waals surface area contributed by atoms with Gasteiger partial charge in [0.15, 0.2) is 0 Å². The summed E-state index contributed by atoms with van der Waals surface area (Å²) in [5.41, 5.74) is 5.67. The fraction of sp³-hybridized carbons (Fsp3) is 1.00. The number of thioether (sulfide) groups is 1. The lowest BCUT2D eigenvalue weighted by atomic mass is 10.3. The topological polar surface area (TPSA) is 40.1 Å². The minimum atomic E-state index is 0.324. The van der Waals surface area contributed by atoms with Gasteiger partial charge in [0.2, 0.25) is 0 Å². The molecule has 0 aromatic rings. The molecule has 8 heavy (non-hydrogen) atoms. The number of nitrogens with zero attached hydrogens (tertiary/aromatic N) is 1. The predicted octanol–water partition coefficient (Wildman–Crippen LogP) is -0.337. The van der Waals surface area contributed by atoms with Gasteiger partial charge in [-0.15, -0.1) is 0 Å². The Bertz CT molecular complexity index is 76.8. The number of hydrogen-bond acceptors (Lipinski definition) is 2. The highest BCUT2D eigenvalue weighted by Crippen LogP contribution is 2.13. The summed E-state index contributed by atoms with van der Waals surface area (Å²) in [5, 5.41) is 4.76. The van der Waals surface area contributed by atoms with Crippen molar-refractivity contribution in [3.63, 3.8) is 0 Å². The molecule has 2 unspecified atom stereocenters. The van der Waals surface area contributed by atoms with Crippen LogP contribution in [0, 0.1) is 0 Å². The molecule has 2 N–H and O–H groups in total. The summed E-state index contributed by atoms with van der Waals surface area (Å²) in [6.45, 7) is 1.83. The fourth-order valence-electron chi connectivity index (χ4n) is 0.853. The lowest BCUT2D eigenvalue weighted by Crippen LogP contribution is -2.30. The van der Waals surface area contributed by atoms with Gasteiger partial charge in [0, 0.05) is 24.4 Å². The molecule has 1 saturated heterocycles. The zero-order valence-corrected chi connectivity index (χ0v) is 5.82. The molecule has 0 spiro atoms. The Labute approximate surface area is 54.2 Å². The van der Waals surface area contributed by atoms with Gasteiger partial charge in [0.1, 0.15) is 0 Å². The largest absolute Gasteiger partial charge is 0.326 e. The third kappa shape index (κ3) is 1.16. The molecule has 0 aromatic carbocycles. The molecule has 2 nitrogen and oxygen atoms in total. The average molecular weight is 131 g/mol. The van der Waals surface area contributed by atoms with Crippen LogP contribution in [-0.2, 0) is 0 Å². The monoisotopic (exact) mass is 131 g/mol. The van der Waals surface area contributed by atoms with Crippen LogP contribution in [0.15, 0.2) is 0 Å². The Balaban J connectivity index is 2.30. The van der Waals surface area contributed by atoms with E-state index in [0.29, 0.717) is 11.3 Å². The first kappa shape index (κ1) is 6.39. The number of rotatable bonds is 1. The van der Waals surface area contributed by atoms with Crippen molar-refractivity contribution in [1.29, 1.82) is 0 Å². The molecule has 0 bridgehead atoms. The van der Waals surface area contributed by atoms with Crippen molar-refractivity contribution in [2.24, 2.45) is 5.73 Å². The summed E-state index contributed by atoms with van der Waals surface area (Å²) < 4.78 is 0. The molecule has 3 heteroatoms. The molecule has 1 heterocycles. The molecule has 0 amide bonds. The van der Waals surface area contributed by atoms with Crippen molar-refractivity contribution in [1.82, 2.24) is 5.32 Å². The van der Waals surface area contributed by atoms with Crippen LogP contribution in [0.2, 0.25) is 0 Å². The van der Waals surface area contributed by atoms with E-state index in [1.165, 1.54) is 0 Å². The lowest BCUT2D eigenvalue weighted by Gasteiger charge is -2.08. The minimum absolute atomic E-state index is 0.324. The summed E-state index contributed by atoms with van der Waals surface area (Å²) in [5.74, 6) is 0. The smallest absolute Gasteiger partial charge is 0.0350 e. The molecule has 0 aliphatic carbocycles. The molecule has 1 rings (SSSR count). The van der Waals surface area contributed by atoms with Gasteiger partial charge >= 0.3 is 0 Å². The normalized spacial score (nSPS) is 38.2. The Morgan fingerprint density at radius 2 is 2.38 bits per heavy atom. The van der Waals surface area contributed by atoms with Crippen LogP contribution in [-0.4, -0.2) is 30.6 Å². The first-order chi connectivity index (χ1) is 3.84. The molecular formula is C5H11N2S. The quantitative estimate of drug-likeness (QED) is 0.529. The van der Waals surface area contributed by atoms with Gasteiger partial charge in [0.05, 0.1) is 0 Å². The van der Waals surface area contributed by atoms with E-state index in [4.69, 9.17) is 5.73 Å². The van der Waals surface area contributed by atoms with Crippen LogP contribution in [0.25, 0.3) is 0 Å². The van der Waals surface area contributed by atoms with Gasteiger partial charge in [-0.1, -0.05) is 0 Å². The second kappa shape index (κ2) is 2.71. The Hall–Kier alpha value is 0.270.